The van der Waals surface area contributed by atoms with Crippen LogP contribution in [0.2, 0.25) is 0 Å². The van der Waals surface area contributed by atoms with E-state index in [-0.39, 0.29) is 11.4 Å². The van der Waals surface area contributed by atoms with Gasteiger partial charge in [-0.1, -0.05) is 12.1 Å². The first kappa shape index (κ1) is 31.3. The molecule has 3 aromatic carbocycles. The fraction of sp³-hybridized carbons (Fsp3) is 0.100. The lowest BCUT2D eigenvalue weighted by molar-refractivity contribution is -0.138. The number of benzene rings is 3. The summed E-state index contributed by atoms with van der Waals surface area (Å²) >= 11 is 0. The minimum Gasteiger partial charge on any atom is -0.507 e. The first-order chi connectivity index (χ1) is 16.9. The zero-order valence-corrected chi connectivity index (χ0v) is 17.8. The Kier molecular flexibility index (Phi) is 10.6. The van der Waals surface area contributed by atoms with Gasteiger partial charge in [0.25, 0.3) is 0 Å². The lowest BCUT2D eigenvalue weighted by Crippen LogP contribution is -2.23. The fourth-order valence-electron chi connectivity index (χ4n) is 2.22. The van der Waals surface area contributed by atoms with Crippen LogP contribution >= 0.6 is 0 Å². The SMILES string of the molecule is Nc1cccc(C(F)(F)F)c1.Nc1cccc(C(F)(F)F)c1.OB(O)Oc1c(F)c(F)c(F)c(F)c1F. The average Bonchev–Trinajstić information content (AvgIpc) is 2.79. The van der Waals surface area contributed by atoms with Gasteiger partial charge >= 0.3 is 19.7 Å². The predicted octanol–water partition coefficient (Wildman–Crippen LogP) is 5.31. The summed E-state index contributed by atoms with van der Waals surface area (Å²) in [6.45, 7) is 0. The molecule has 0 aliphatic heterocycles. The Labute approximate surface area is 200 Å². The molecule has 0 saturated heterocycles. The monoisotopic (exact) mass is 550 g/mol. The van der Waals surface area contributed by atoms with Gasteiger partial charge in [-0.2, -0.15) is 35.1 Å². The second-order valence-electron chi connectivity index (χ2n) is 6.59. The summed E-state index contributed by atoms with van der Waals surface area (Å²) in [5, 5.41) is 16.3. The molecule has 17 heteroatoms. The highest BCUT2D eigenvalue weighted by atomic mass is 19.4. The lowest BCUT2D eigenvalue weighted by atomic mass is 10.2. The Morgan fingerprint density at radius 2 is 0.919 bits per heavy atom. The summed E-state index contributed by atoms with van der Waals surface area (Å²) in [5.74, 6) is -13.1. The van der Waals surface area contributed by atoms with Crippen molar-refractivity contribution < 1.29 is 63.0 Å². The molecule has 0 aromatic heterocycles. The van der Waals surface area contributed by atoms with Gasteiger partial charge in [0.05, 0.1) is 11.1 Å². The van der Waals surface area contributed by atoms with Gasteiger partial charge in [-0.25, -0.2) is 13.2 Å². The topological polar surface area (TPSA) is 102 Å². The van der Waals surface area contributed by atoms with E-state index in [1.165, 1.54) is 24.3 Å². The van der Waals surface area contributed by atoms with Crippen LogP contribution in [0.3, 0.4) is 0 Å². The summed E-state index contributed by atoms with van der Waals surface area (Å²) in [6.07, 6.45) is -8.59. The molecule has 0 radical (unpaired) electrons. The third-order valence-corrected chi connectivity index (χ3v) is 3.82. The summed E-state index contributed by atoms with van der Waals surface area (Å²) in [7, 11) is -2.70. The van der Waals surface area contributed by atoms with E-state index in [4.69, 9.17) is 21.5 Å². The van der Waals surface area contributed by atoms with Gasteiger partial charge in [0, 0.05) is 11.4 Å². The molecule has 202 valence electrons. The van der Waals surface area contributed by atoms with Gasteiger partial charge < -0.3 is 26.2 Å². The van der Waals surface area contributed by atoms with Crippen LogP contribution in [-0.4, -0.2) is 17.4 Å². The van der Waals surface area contributed by atoms with Crippen molar-refractivity contribution in [3.05, 3.63) is 88.7 Å². The second-order valence-corrected chi connectivity index (χ2v) is 6.59. The molecule has 37 heavy (non-hydrogen) atoms. The highest BCUT2D eigenvalue weighted by Crippen LogP contribution is 2.31. The van der Waals surface area contributed by atoms with E-state index in [0.717, 1.165) is 24.3 Å². The minimum absolute atomic E-state index is 0.125. The normalized spacial score (nSPS) is 11.1. The van der Waals surface area contributed by atoms with Gasteiger partial charge in [-0.15, -0.1) is 0 Å². The van der Waals surface area contributed by atoms with Crippen molar-refractivity contribution in [2.45, 2.75) is 12.4 Å². The summed E-state index contributed by atoms with van der Waals surface area (Å²) in [6, 6.07) is 9.15. The van der Waals surface area contributed by atoms with E-state index in [1.54, 1.807) is 0 Å². The summed E-state index contributed by atoms with van der Waals surface area (Å²) < 4.78 is 138. The first-order valence-electron chi connectivity index (χ1n) is 9.26. The van der Waals surface area contributed by atoms with Gasteiger partial charge in [-0.3, -0.25) is 0 Å². The molecule has 6 N–H and O–H groups in total. The largest absolute Gasteiger partial charge is 0.707 e. The molecule has 0 aliphatic rings. The average molecular weight is 550 g/mol. The number of hydrogen-bond donors (Lipinski definition) is 4. The fourth-order valence-corrected chi connectivity index (χ4v) is 2.22. The first-order valence-corrected chi connectivity index (χ1v) is 9.26. The molecule has 0 fully saturated rings. The molecule has 5 nitrogen and oxygen atoms in total. The number of halogens is 11. The Bertz CT molecular complexity index is 1120. The molecular formula is C20H14BF11N2O3. The minimum atomic E-state index is -4.30. The van der Waals surface area contributed by atoms with Crippen molar-refractivity contribution in [2.24, 2.45) is 0 Å². The third-order valence-electron chi connectivity index (χ3n) is 3.82. The molecule has 0 heterocycles. The molecule has 3 aromatic rings. The van der Waals surface area contributed by atoms with Crippen LogP contribution in [0.1, 0.15) is 11.1 Å². The maximum absolute atomic E-state index is 12.7. The van der Waals surface area contributed by atoms with E-state index in [0.29, 0.717) is 0 Å². The highest BCUT2D eigenvalue weighted by Gasteiger charge is 2.31. The molecule has 0 saturated carbocycles. The van der Waals surface area contributed by atoms with Crippen LogP contribution in [0.4, 0.5) is 59.7 Å². The lowest BCUT2D eigenvalue weighted by Gasteiger charge is -2.08. The van der Waals surface area contributed by atoms with Crippen molar-refractivity contribution in [3.63, 3.8) is 0 Å². The number of rotatable bonds is 2. The van der Waals surface area contributed by atoms with Crippen LogP contribution in [0.15, 0.2) is 48.5 Å². The van der Waals surface area contributed by atoms with Crippen molar-refractivity contribution in [2.75, 3.05) is 11.5 Å². The second kappa shape index (κ2) is 12.5. The van der Waals surface area contributed by atoms with Gasteiger partial charge in [0.2, 0.25) is 29.1 Å². The van der Waals surface area contributed by atoms with Crippen molar-refractivity contribution in [3.8, 4) is 5.75 Å². The van der Waals surface area contributed by atoms with E-state index >= 15 is 0 Å². The molecular weight excluding hydrogens is 536 g/mol. The van der Waals surface area contributed by atoms with E-state index in [2.05, 4.69) is 4.65 Å². The predicted molar refractivity (Wildman–Crippen MR) is 109 cm³/mol. The van der Waals surface area contributed by atoms with Crippen molar-refractivity contribution >= 4 is 18.7 Å². The number of nitrogen functional groups attached to an aromatic ring is 2. The maximum Gasteiger partial charge on any atom is 0.707 e. The molecule has 0 spiro atoms. The van der Waals surface area contributed by atoms with E-state index < -0.39 is 65.6 Å². The smallest absolute Gasteiger partial charge is 0.507 e. The quantitative estimate of drug-likeness (QED) is 0.114. The zero-order chi connectivity index (χ0) is 28.7. The standard InChI is InChI=1S/2C7H6F3N.C6H2BF5O3/c2*8-7(9,10)5-2-1-3-6(11)4-5;8-1-2(9)4(11)6(15-7(13)14)5(12)3(1)10/h2*1-4H,11H2;13-14H. The van der Waals surface area contributed by atoms with Crippen molar-refractivity contribution in [1.82, 2.24) is 0 Å². The number of anilines is 2. The Morgan fingerprint density at radius 1 is 0.595 bits per heavy atom. The van der Waals surface area contributed by atoms with Crippen LogP contribution in [0.25, 0.3) is 0 Å². The number of alkyl halides is 6. The molecule has 0 bridgehead atoms. The van der Waals surface area contributed by atoms with Crippen LogP contribution in [0.5, 0.6) is 5.75 Å². The summed E-state index contributed by atoms with van der Waals surface area (Å²) in [5.41, 5.74) is 9.14. The molecule has 0 amide bonds. The third kappa shape index (κ3) is 9.34. The van der Waals surface area contributed by atoms with E-state index in [1.807, 2.05) is 0 Å². The Morgan fingerprint density at radius 3 is 1.16 bits per heavy atom. The van der Waals surface area contributed by atoms with Crippen LogP contribution < -0.4 is 16.1 Å². The molecule has 0 atom stereocenters. The van der Waals surface area contributed by atoms with Gasteiger partial charge in [0.15, 0.2) is 5.75 Å². The Balaban J connectivity index is 0.000000283. The number of nitrogens with two attached hydrogens (primary N) is 2. The van der Waals surface area contributed by atoms with E-state index in [9.17, 15) is 48.3 Å². The van der Waals surface area contributed by atoms with Crippen molar-refractivity contribution in [1.29, 1.82) is 0 Å². The molecule has 0 aliphatic carbocycles. The molecule has 0 unspecified atom stereocenters. The van der Waals surface area contributed by atoms with Crippen LogP contribution in [0, 0.1) is 29.1 Å². The molecule has 3 rings (SSSR count). The number of hydrogen-bond acceptors (Lipinski definition) is 5. The zero-order valence-electron chi connectivity index (χ0n) is 17.8. The maximum atomic E-state index is 12.7. The Hall–Kier alpha value is -3.73. The van der Waals surface area contributed by atoms with Gasteiger partial charge in [0.1, 0.15) is 0 Å². The summed E-state index contributed by atoms with van der Waals surface area (Å²) in [4.78, 5) is 0. The van der Waals surface area contributed by atoms with Gasteiger partial charge in [-0.05, 0) is 36.4 Å². The van der Waals surface area contributed by atoms with Crippen LogP contribution in [-0.2, 0) is 12.4 Å². The highest BCUT2D eigenvalue weighted by molar-refractivity contribution is 6.33.